The zero-order valence-corrected chi connectivity index (χ0v) is 9.60. The SMILES string of the molecule is CCOC(=O)C(=O)Sc1ccc(Cl)cc1. The van der Waals surface area contributed by atoms with Crippen LogP contribution in [0.4, 0.5) is 0 Å². The number of ether oxygens (including phenoxy) is 1. The summed E-state index contributed by atoms with van der Waals surface area (Å²) in [6.45, 7) is 1.85. The van der Waals surface area contributed by atoms with Gasteiger partial charge in [-0.15, -0.1) is 0 Å². The van der Waals surface area contributed by atoms with Crippen molar-refractivity contribution in [1.82, 2.24) is 0 Å². The van der Waals surface area contributed by atoms with Crippen molar-refractivity contribution in [3.63, 3.8) is 0 Å². The van der Waals surface area contributed by atoms with Crippen molar-refractivity contribution in [2.75, 3.05) is 6.61 Å². The Hall–Kier alpha value is -1.00. The van der Waals surface area contributed by atoms with Crippen LogP contribution < -0.4 is 0 Å². The number of hydrogen-bond donors (Lipinski definition) is 0. The molecule has 0 unspecified atom stereocenters. The molecule has 0 N–H and O–H groups in total. The zero-order valence-electron chi connectivity index (χ0n) is 8.03. The summed E-state index contributed by atoms with van der Waals surface area (Å²) in [6, 6.07) is 6.65. The summed E-state index contributed by atoms with van der Waals surface area (Å²) in [5.74, 6) is -0.822. The lowest BCUT2D eigenvalue weighted by molar-refractivity contribution is -0.149. The van der Waals surface area contributed by atoms with Gasteiger partial charge >= 0.3 is 11.1 Å². The molecule has 0 aromatic heterocycles. The summed E-state index contributed by atoms with van der Waals surface area (Å²) in [7, 11) is 0. The van der Waals surface area contributed by atoms with Gasteiger partial charge in [0.1, 0.15) is 0 Å². The highest BCUT2D eigenvalue weighted by atomic mass is 35.5. The van der Waals surface area contributed by atoms with E-state index in [1.54, 1.807) is 31.2 Å². The minimum atomic E-state index is -0.822. The first kappa shape index (κ1) is 12.1. The van der Waals surface area contributed by atoms with Crippen LogP contribution in [0.15, 0.2) is 29.2 Å². The highest BCUT2D eigenvalue weighted by molar-refractivity contribution is 8.15. The van der Waals surface area contributed by atoms with Gasteiger partial charge in [0.05, 0.1) is 6.61 Å². The van der Waals surface area contributed by atoms with E-state index in [1.807, 2.05) is 0 Å². The van der Waals surface area contributed by atoms with E-state index in [1.165, 1.54) is 0 Å². The molecule has 1 aromatic rings. The van der Waals surface area contributed by atoms with Gasteiger partial charge in [0, 0.05) is 9.92 Å². The lowest BCUT2D eigenvalue weighted by atomic mass is 10.4. The molecule has 0 amide bonds. The van der Waals surface area contributed by atoms with E-state index in [9.17, 15) is 9.59 Å². The maximum absolute atomic E-state index is 11.2. The molecule has 0 spiro atoms. The molecule has 0 heterocycles. The van der Waals surface area contributed by atoms with Crippen LogP contribution in [0, 0.1) is 0 Å². The number of esters is 1. The molecule has 80 valence electrons. The van der Waals surface area contributed by atoms with Crippen molar-refractivity contribution in [1.29, 1.82) is 0 Å². The lowest BCUT2D eigenvalue weighted by Gasteiger charge is -2.00. The van der Waals surface area contributed by atoms with E-state index in [0.717, 1.165) is 11.8 Å². The summed E-state index contributed by atoms with van der Waals surface area (Å²) < 4.78 is 4.56. The second kappa shape index (κ2) is 5.78. The highest BCUT2D eigenvalue weighted by Gasteiger charge is 2.16. The van der Waals surface area contributed by atoms with Gasteiger partial charge in [0.25, 0.3) is 0 Å². The molecule has 0 saturated heterocycles. The maximum atomic E-state index is 11.2. The molecule has 0 aliphatic carbocycles. The summed E-state index contributed by atoms with van der Waals surface area (Å²) in [5, 5.41) is -0.0397. The van der Waals surface area contributed by atoms with E-state index in [0.29, 0.717) is 9.92 Å². The van der Waals surface area contributed by atoms with Crippen LogP contribution in [0.1, 0.15) is 6.92 Å². The van der Waals surface area contributed by atoms with Crippen molar-refractivity contribution in [2.45, 2.75) is 11.8 Å². The summed E-state index contributed by atoms with van der Waals surface area (Å²) >= 11 is 6.50. The number of benzene rings is 1. The Morgan fingerprint density at radius 1 is 1.33 bits per heavy atom. The number of carbonyl (C=O) groups is 2. The molecule has 0 atom stereocenters. The van der Waals surface area contributed by atoms with Crippen LogP contribution in [0.5, 0.6) is 0 Å². The van der Waals surface area contributed by atoms with E-state index >= 15 is 0 Å². The molecule has 0 aliphatic heterocycles. The summed E-state index contributed by atoms with van der Waals surface area (Å²) in [4.78, 5) is 22.9. The first-order valence-corrected chi connectivity index (χ1v) is 5.47. The van der Waals surface area contributed by atoms with Crippen molar-refractivity contribution in [3.05, 3.63) is 29.3 Å². The van der Waals surface area contributed by atoms with Crippen LogP contribution in [0.3, 0.4) is 0 Å². The Balaban J connectivity index is 2.58. The van der Waals surface area contributed by atoms with Gasteiger partial charge in [-0.2, -0.15) is 0 Å². The van der Waals surface area contributed by atoms with Gasteiger partial charge in [-0.3, -0.25) is 4.79 Å². The quantitative estimate of drug-likeness (QED) is 0.456. The van der Waals surface area contributed by atoms with Gasteiger partial charge in [0.2, 0.25) is 0 Å². The Morgan fingerprint density at radius 2 is 1.93 bits per heavy atom. The number of hydrogen-bond acceptors (Lipinski definition) is 4. The fourth-order valence-corrected chi connectivity index (χ4v) is 1.60. The topological polar surface area (TPSA) is 43.4 Å². The van der Waals surface area contributed by atoms with Gasteiger partial charge < -0.3 is 4.74 Å². The van der Waals surface area contributed by atoms with Crippen molar-refractivity contribution in [3.8, 4) is 0 Å². The normalized spacial score (nSPS) is 9.73. The predicted molar refractivity (Wildman–Crippen MR) is 58.9 cm³/mol. The molecule has 1 aromatic carbocycles. The Morgan fingerprint density at radius 3 is 2.47 bits per heavy atom. The van der Waals surface area contributed by atoms with Gasteiger partial charge in [-0.05, 0) is 43.0 Å². The van der Waals surface area contributed by atoms with E-state index < -0.39 is 11.1 Å². The molecule has 15 heavy (non-hydrogen) atoms. The molecule has 1 rings (SSSR count). The second-order valence-corrected chi connectivity index (χ2v) is 4.05. The van der Waals surface area contributed by atoms with Crippen molar-refractivity contribution < 1.29 is 14.3 Å². The summed E-state index contributed by atoms with van der Waals surface area (Å²) in [6.07, 6.45) is 0. The summed E-state index contributed by atoms with van der Waals surface area (Å²) in [5.41, 5.74) is 0. The van der Waals surface area contributed by atoms with Gasteiger partial charge in [0.15, 0.2) is 0 Å². The van der Waals surface area contributed by atoms with Crippen LogP contribution in [-0.4, -0.2) is 17.7 Å². The minimum Gasteiger partial charge on any atom is -0.460 e. The molecule has 0 aliphatic rings. The largest absolute Gasteiger partial charge is 0.460 e. The molecule has 0 fully saturated rings. The molecule has 5 heteroatoms. The molecule has 0 saturated carbocycles. The smallest absolute Gasteiger partial charge is 0.386 e. The number of carbonyl (C=O) groups excluding carboxylic acids is 2. The third kappa shape index (κ3) is 3.93. The molecule has 3 nitrogen and oxygen atoms in total. The number of halogens is 1. The second-order valence-electron chi connectivity index (χ2n) is 2.56. The van der Waals surface area contributed by atoms with E-state index in [4.69, 9.17) is 11.6 Å². The molecule has 0 radical (unpaired) electrons. The van der Waals surface area contributed by atoms with Crippen LogP contribution in [0.2, 0.25) is 5.02 Å². The zero-order chi connectivity index (χ0) is 11.3. The van der Waals surface area contributed by atoms with Crippen LogP contribution >= 0.6 is 23.4 Å². The fourth-order valence-electron chi connectivity index (χ4n) is 0.841. The average molecular weight is 245 g/mol. The predicted octanol–water partition coefficient (Wildman–Crippen LogP) is 2.52. The number of thioether (sulfide) groups is 1. The van der Waals surface area contributed by atoms with E-state index in [-0.39, 0.29) is 6.61 Å². The lowest BCUT2D eigenvalue weighted by Crippen LogP contribution is -2.13. The number of rotatable bonds is 2. The van der Waals surface area contributed by atoms with Crippen LogP contribution in [-0.2, 0) is 14.3 Å². The van der Waals surface area contributed by atoms with Crippen LogP contribution in [0.25, 0.3) is 0 Å². The van der Waals surface area contributed by atoms with Gasteiger partial charge in [-0.1, -0.05) is 11.6 Å². The standard InChI is InChI=1S/C10H9ClO3S/c1-2-14-9(12)10(13)15-8-5-3-7(11)4-6-8/h3-6H,2H2,1H3. The molecule has 0 bridgehead atoms. The highest BCUT2D eigenvalue weighted by Crippen LogP contribution is 2.21. The molecular formula is C10H9ClO3S. The average Bonchev–Trinajstić information content (AvgIpc) is 2.22. The first-order chi connectivity index (χ1) is 7.13. The fraction of sp³-hybridized carbons (Fsp3) is 0.200. The molecular weight excluding hydrogens is 236 g/mol. The third-order valence-corrected chi connectivity index (χ3v) is 2.58. The Kier molecular flexibility index (Phi) is 4.65. The first-order valence-electron chi connectivity index (χ1n) is 4.28. The minimum absolute atomic E-state index is 0.200. The third-order valence-electron chi connectivity index (χ3n) is 1.47. The van der Waals surface area contributed by atoms with E-state index in [2.05, 4.69) is 4.74 Å². The monoisotopic (exact) mass is 244 g/mol. The van der Waals surface area contributed by atoms with Gasteiger partial charge in [-0.25, -0.2) is 4.79 Å². The van der Waals surface area contributed by atoms with Crippen molar-refractivity contribution in [2.24, 2.45) is 0 Å². The Bertz CT molecular complexity index is 361. The Labute approximate surface area is 96.8 Å². The maximum Gasteiger partial charge on any atom is 0.386 e. The van der Waals surface area contributed by atoms with Crippen molar-refractivity contribution >= 4 is 34.4 Å².